The molecule has 0 atom stereocenters. The summed E-state index contributed by atoms with van der Waals surface area (Å²) < 4.78 is 39.0. The number of rotatable bonds is 1. The summed E-state index contributed by atoms with van der Waals surface area (Å²) >= 11 is 0. The number of hydrogen-bond acceptors (Lipinski definition) is 2. The number of aryl methyl sites for hydroxylation is 1. The van der Waals surface area contributed by atoms with Gasteiger partial charge in [-0.25, -0.2) is 0 Å². The van der Waals surface area contributed by atoms with Crippen LogP contribution in [0.25, 0.3) is 4.98 Å². The van der Waals surface area contributed by atoms with Crippen molar-refractivity contribution in [3.8, 4) is 0 Å². The predicted molar refractivity (Wildman–Crippen MR) is 67.6 cm³/mol. The first-order valence-corrected chi connectivity index (χ1v) is 5.89. The highest BCUT2D eigenvalue weighted by Gasteiger charge is 2.20. The van der Waals surface area contributed by atoms with Crippen LogP contribution in [0.2, 0.25) is 0 Å². The van der Waals surface area contributed by atoms with Gasteiger partial charge in [0.05, 0.1) is 0 Å². The van der Waals surface area contributed by atoms with E-state index in [-0.39, 0.29) is 0 Å². The van der Waals surface area contributed by atoms with Crippen LogP contribution in [0.1, 0.15) is 18.4 Å². The summed E-state index contributed by atoms with van der Waals surface area (Å²) in [5, 5.41) is 8.69. The standard InChI is InChI=1S/C11H14N3.BF4/c1-9-8-10(4-5-11(9)13-12)14-6-2-3-7-14;2-1(3,4)5/h4-5,8H,2-3,6-7H2,1H3;/q+1;-1. The molecule has 0 aromatic heterocycles. The van der Waals surface area contributed by atoms with Gasteiger partial charge in [-0.05, 0) is 31.9 Å². The molecule has 0 saturated carbocycles. The van der Waals surface area contributed by atoms with Gasteiger partial charge in [0, 0.05) is 30.4 Å². The zero-order chi connectivity index (χ0) is 14.5. The van der Waals surface area contributed by atoms with Crippen molar-refractivity contribution in [2.45, 2.75) is 19.8 Å². The summed E-state index contributed by atoms with van der Waals surface area (Å²) in [7, 11) is -6.00. The minimum absolute atomic E-state index is 0.660. The van der Waals surface area contributed by atoms with Gasteiger partial charge in [0.15, 0.2) is 4.98 Å². The lowest BCUT2D eigenvalue weighted by Crippen LogP contribution is -2.17. The fourth-order valence-corrected chi connectivity index (χ4v) is 1.92. The topological polar surface area (TPSA) is 31.4 Å². The van der Waals surface area contributed by atoms with Gasteiger partial charge in [0.1, 0.15) is 0 Å². The molecule has 0 N–H and O–H groups in total. The van der Waals surface area contributed by atoms with Crippen molar-refractivity contribution in [1.82, 2.24) is 0 Å². The fraction of sp³-hybridized carbons (Fsp3) is 0.455. The lowest BCUT2D eigenvalue weighted by atomic mass is 10.2. The van der Waals surface area contributed by atoms with Crippen LogP contribution >= 0.6 is 0 Å². The molecule has 0 spiro atoms. The van der Waals surface area contributed by atoms with Crippen LogP contribution in [0.5, 0.6) is 0 Å². The van der Waals surface area contributed by atoms with Crippen LogP contribution in [-0.2, 0) is 0 Å². The maximum atomic E-state index is 9.75. The van der Waals surface area contributed by atoms with E-state index in [4.69, 9.17) is 5.39 Å². The summed E-state index contributed by atoms with van der Waals surface area (Å²) in [5.41, 5.74) is 2.93. The van der Waals surface area contributed by atoms with Crippen LogP contribution in [0.15, 0.2) is 18.2 Å². The molecule has 1 heterocycles. The van der Waals surface area contributed by atoms with E-state index in [9.17, 15) is 17.3 Å². The van der Waals surface area contributed by atoms with Gasteiger partial charge < -0.3 is 22.2 Å². The monoisotopic (exact) mass is 275 g/mol. The highest BCUT2D eigenvalue weighted by atomic mass is 19.5. The Kier molecular flexibility index (Phi) is 5.15. The summed E-state index contributed by atoms with van der Waals surface area (Å²) in [4.78, 5) is 5.59. The average Bonchev–Trinajstić information content (AvgIpc) is 2.80. The minimum Gasteiger partial charge on any atom is -0.418 e. The van der Waals surface area contributed by atoms with E-state index >= 15 is 0 Å². The fourth-order valence-electron chi connectivity index (χ4n) is 1.92. The third-order valence-electron chi connectivity index (χ3n) is 2.76. The molecule has 19 heavy (non-hydrogen) atoms. The van der Waals surface area contributed by atoms with Crippen LogP contribution < -0.4 is 4.90 Å². The van der Waals surface area contributed by atoms with Gasteiger partial charge in [-0.2, -0.15) is 0 Å². The first-order chi connectivity index (χ1) is 8.81. The normalized spacial score (nSPS) is 14.6. The molecule has 3 nitrogen and oxygen atoms in total. The van der Waals surface area contributed by atoms with Gasteiger partial charge in [-0.15, -0.1) is 0 Å². The molecule has 2 rings (SSSR count). The molecule has 1 aliphatic rings. The van der Waals surface area contributed by atoms with Crippen LogP contribution in [-0.4, -0.2) is 20.3 Å². The predicted octanol–water partition coefficient (Wildman–Crippen LogP) is 4.38. The number of halogens is 4. The van der Waals surface area contributed by atoms with E-state index < -0.39 is 7.25 Å². The van der Waals surface area contributed by atoms with Gasteiger partial charge in [-0.3, -0.25) is 0 Å². The third-order valence-corrected chi connectivity index (χ3v) is 2.76. The largest absolute Gasteiger partial charge is 0.673 e. The Morgan fingerprint density at radius 1 is 1.16 bits per heavy atom. The molecule has 1 fully saturated rings. The van der Waals surface area contributed by atoms with Crippen LogP contribution in [0.3, 0.4) is 0 Å². The van der Waals surface area contributed by atoms with Crippen molar-refractivity contribution < 1.29 is 17.3 Å². The Labute approximate surface area is 108 Å². The molecule has 1 aromatic rings. The molecule has 104 valence electrons. The first-order valence-electron chi connectivity index (χ1n) is 5.89. The second-order valence-corrected chi connectivity index (χ2v) is 4.26. The van der Waals surface area contributed by atoms with E-state index in [1.165, 1.54) is 18.5 Å². The lowest BCUT2D eigenvalue weighted by Gasteiger charge is -2.17. The molecule has 1 saturated heterocycles. The molecule has 8 heteroatoms. The average molecular weight is 275 g/mol. The van der Waals surface area contributed by atoms with E-state index in [1.54, 1.807) is 0 Å². The van der Waals surface area contributed by atoms with Crippen molar-refractivity contribution in [3.05, 3.63) is 28.7 Å². The minimum atomic E-state index is -6.00. The van der Waals surface area contributed by atoms with Gasteiger partial charge >= 0.3 is 12.9 Å². The molecule has 1 aliphatic heterocycles. The molecule has 0 amide bonds. The summed E-state index contributed by atoms with van der Waals surface area (Å²) in [6, 6.07) is 5.97. The summed E-state index contributed by atoms with van der Waals surface area (Å²) in [5.74, 6) is 0. The Morgan fingerprint density at radius 3 is 2.11 bits per heavy atom. The third kappa shape index (κ3) is 5.59. The number of anilines is 1. The van der Waals surface area contributed by atoms with Crippen molar-refractivity contribution >= 4 is 18.6 Å². The van der Waals surface area contributed by atoms with Crippen LogP contribution in [0, 0.1) is 12.3 Å². The van der Waals surface area contributed by atoms with Crippen molar-refractivity contribution in [2.75, 3.05) is 18.0 Å². The lowest BCUT2D eigenvalue weighted by molar-refractivity contribution is 0.368. The molecular weight excluding hydrogens is 261 g/mol. The zero-order valence-corrected chi connectivity index (χ0v) is 10.5. The van der Waals surface area contributed by atoms with Crippen molar-refractivity contribution in [2.24, 2.45) is 0 Å². The Hall–Kier alpha value is -1.78. The molecule has 0 radical (unpaired) electrons. The second-order valence-electron chi connectivity index (χ2n) is 4.26. The highest BCUT2D eigenvalue weighted by Crippen LogP contribution is 2.26. The van der Waals surface area contributed by atoms with Gasteiger partial charge in [0.2, 0.25) is 5.39 Å². The number of benzene rings is 1. The van der Waals surface area contributed by atoms with Crippen molar-refractivity contribution in [3.63, 3.8) is 0 Å². The first kappa shape index (κ1) is 15.3. The molecule has 0 aliphatic carbocycles. The van der Waals surface area contributed by atoms with E-state index in [0.717, 1.165) is 18.7 Å². The summed E-state index contributed by atoms with van der Waals surface area (Å²) in [6.45, 7) is 4.26. The smallest absolute Gasteiger partial charge is 0.418 e. The molecule has 0 bridgehead atoms. The number of nitrogens with zero attached hydrogens (tertiary/aromatic N) is 3. The van der Waals surface area contributed by atoms with Gasteiger partial charge in [-0.1, -0.05) is 0 Å². The van der Waals surface area contributed by atoms with E-state index in [1.807, 2.05) is 19.1 Å². The summed E-state index contributed by atoms with van der Waals surface area (Å²) in [6.07, 6.45) is 2.57. The van der Waals surface area contributed by atoms with Crippen LogP contribution in [0.4, 0.5) is 28.6 Å². The maximum absolute atomic E-state index is 9.75. The molecular formula is C11H14BF4N3. The Bertz CT molecular complexity index is 458. The molecule has 1 aromatic carbocycles. The van der Waals surface area contributed by atoms with E-state index in [2.05, 4.69) is 15.9 Å². The Morgan fingerprint density at radius 2 is 1.68 bits per heavy atom. The zero-order valence-electron chi connectivity index (χ0n) is 10.5. The second kappa shape index (κ2) is 6.41. The number of diazo groups is 1. The molecule has 0 unspecified atom stereocenters. The maximum Gasteiger partial charge on any atom is 0.673 e. The SMILES string of the molecule is Cc1cc(N2CCCC2)ccc1[N+]#N.F[B-](F)(F)F. The Balaban J connectivity index is 0.000000312. The quantitative estimate of drug-likeness (QED) is 0.432. The van der Waals surface area contributed by atoms with Gasteiger partial charge in [0.25, 0.3) is 0 Å². The van der Waals surface area contributed by atoms with Crippen molar-refractivity contribution in [1.29, 1.82) is 5.39 Å². The highest BCUT2D eigenvalue weighted by molar-refractivity contribution is 6.50. The number of hydrogen-bond donors (Lipinski definition) is 0. The van der Waals surface area contributed by atoms with E-state index in [0.29, 0.717) is 5.69 Å².